The number of rotatable bonds is 3. The van der Waals surface area contributed by atoms with Gasteiger partial charge in [-0.05, 0) is 31.0 Å². The molecular weight excluding hydrogens is 337 g/mol. The predicted molar refractivity (Wildman–Crippen MR) is 88.1 cm³/mol. The van der Waals surface area contributed by atoms with Gasteiger partial charge >= 0.3 is 0 Å². The van der Waals surface area contributed by atoms with E-state index in [9.17, 15) is 9.59 Å². The van der Waals surface area contributed by atoms with E-state index < -0.39 is 0 Å². The van der Waals surface area contributed by atoms with Gasteiger partial charge in [0.1, 0.15) is 0 Å². The third-order valence-electron chi connectivity index (χ3n) is 4.00. The molecule has 1 fully saturated rings. The first-order valence-corrected chi connectivity index (χ1v) is 8.12. The number of carbonyl (C=O) groups is 2. The number of carbonyl (C=O) groups excluding carboxylic acids is 2. The summed E-state index contributed by atoms with van der Waals surface area (Å²) < 4.78 is 0. The van der Waals surface area contributed by atoms with Crippen molar-refractivity contribution in [2.45, 2.75) is 31.7 Å². The Morgan fingerprint density at radius 2 is 1.83 bits per heavy atom. The lowest BCUT2D eigenvalue weighted by Gasteiger charge is -2.32. The van der Waals surface area contributed by atoms with Gasteiger partial charge in [0, 0.05) is 28.7 Å². The zero-order valence-corrected chi connectivity index (χ0v) is 14.2. The van der Waals surface area contributed by atoms with Gasteiger partial charge in [0.05, 0.1) is 5.92 Å². The van der Waals surface area contributed by atoms with Crippen LogP contribution in [0.3, 0.4) is 0 Å². The van der Waals surface area contributed by atoms with Crippen LogP contribution in [0.2, 0.25) is 10.0 Å². The highest BCUT2D eigenvalue weighted by molar-refractivity contribution is 6.35. The lowest BCUT2D eigenvalue weighted by molar-refractivity contribution is -0.133. The van der Waals surface area contributed by atoms with Gasteiger partial charge in [0.2, 0.25) is 5.91 Å². The van der Waals surface area contributed by atoms with Crippen LogP contribution in [-0.4, -0.2) is 29.8 Å². The maximum atomic E-state index is 12.4. The molecule has 1 aliphatic carbocycles. The molecule has 0 bridgehead atoms. The monoisotopic (exact) mass is 353 g/mol. The number of hydrogen-bond donors (Lipinski definition) is 1. The Hall–Kier alpha value is -1.77. The Morgan fingerprint density at radius 1 is 1.22 bits per heavy atom. The maximum absolute atomic E-state index is 12.4. The fourth-order valence-corrected chi connectivity index (χ4v) is 3.36. The Morgan fingerprint density at radius 3 is 2.43 bits per heavy atom. The van der Waals surface area contributed by atoms with Crippen LogP contribution in [0, 0.1) is 17.4 Å². The second kappa shape index (κ2) is 7.67. The van der Waals surface area contributed by atoms with Crippen molar-refractivity contribution in [3.63, 3.8) is 0 Å². The zero-order valence-electron chi connectivity index (χ0n) is 12.7. The van der Waals surface area contributed by atoms with Crippen molar-refractivity contribution in [1.82, 2.24) is 10.2 Å². The molecule has 1 saturated carbocycles. The summed E-state index contributed by atoms with van der Waals surface area (Å²) >= 11 is 11.8. The van der Waals surface area contributed by atoms with E-state index >= 15 is 0 Å². The van der Waals surface area contributed by atoms with Crippen LogP contribution >= 0.6 is 23.2 Å². The van der Waals surface area contributed by atoms with Crippen LogP contribution in [0.1, 0.15) is 36.0 Å². The lowest BCUT2D eigenvalue weighted by Crippen LogP contribution is -2.48. The molecule has 0 radical (unpaired) electrons. The largest absolute Gasteiger partial charge is 0.349 e. The number of nitrogens with one attached hydrogen (secondary N) is 1. The molecule has 1 aromatic rings. The first-order chi connectivity index (χ1) is 10.9. The van der Waals surface area contributed by atoms with Gasteiger partial charge in [-0.25, -0.2) is 0 Å². The first-order valence-electron chi connectivity index (χ1n) is 7.36. The molecule has 2 rings (SSSR count). The van der Waals surface area contributed by atoms with Crippen LogP contribution in [0.25, 0.3) is 0 Å². The van der Waals surface area contributed by atoms with E-state index in [1.165, 1.54) is 19.2 Å². The minimum atomic E-state index is -0.382. The molecule has 0 saturated heterocycles. The highest BCUT2D eigenvalue weighted by Crippen LogP contribution is 2.27. The van der Waals surface area contributed by atoms with Crippen LogP contribution < -0.4 is 5.32 Å². The quantitative estimate of drug-likeness (QED) is 0.669. The first kappa shape index (κ1) is 17.6. The molecule has 2 amide bonds. The number of benzene rings is 1. The molecule has 0 heterocycles. The highest BCUT2D eigenvalue weighted by Gasteiger charge is 2.34. The number of nitrogens with zero attached hydrogens (tertiary/aromatic N) is 2. The van der Waals surface area contributed by atoms with Crippen molar-refractivity contribution in [2.24, 2.45) is 5.92 Å². The van der Waals surface area contributed by atoms with Gasteiger partial charge in [-0.2, -0.15) is 5.26 Å². The van der Waals surface area contributed by atoms with Crippen molar-refractivity contribution >= 4 is 35.0 Å². The fraction of sp³-hybridized carbons (Fsp3) is 0.438. The Bertz CT molecular complexity index is 637. The van der Waals surface area contributed by atoms with E-state index in [0.717, 1.165) is 17.7 Å². The molecule has 122 valence electrons. The maximum Gasteiger partial charge on any atom is 0.251 e. The third-order valence-corrected chi connectivity index (χ3v) is 4.44. The van der Waals surface area contributed by atoms with E-state index in [1.807, 2.05) is 6.19 Å². The topological polar surface area (TPSA) is 73.2 Å². The summed E-state index contributed by atoms with van der Waals surface area (Å²) in [5, 5.41) is 12.5. The lowest BCUT2D eigenvalue weighted by atomic mass is 9.83. The summed E-state index contributed by atoms with van der Waals surface area (Å²) in [5.41, 5.74) is 0.355. The standard InChI is InChI=1S/C16H17Cl2N3O2/c1-21(9-19)16(23)13-4-2-3-5-14(13)20-15(22)10-6-11(17)8-12(18)7-10/h6-8,13-14H,2-5H2,1H3,(H,20,22)/t13-,14-/m1/s1. The average Bonchev–Trinajstić information content (AvgIpc) is 2.53. The number of halogens is 2. The van der Waals surface area contributed by atoms with Gasteiger partial charge in [-0.15, -0.1) is 0 Å². The minimum Gasteiger partial charge on any atom is -0.349 e. The molecular formula is C16H17Cl2N3O2. The number of nitriles is 1. The van der Waals surface area contributed by atoms with Gasteiger partial charge in [0.25, 0.3) is 5.91 Å². The van der Waals surface area contributed by atoms with E-state index in [1.54, 1.807) is 6.07 Å². The molecule has 1 aromatic carbocycles. The molecule has 0 aliphatic heterocycles. The second-order valence-electron chi connectivity index (χ2n) is 5.63. The minimum absolute atomic E-state index is 0.262. The van der Waals surface area contributed by atoms with E-state index in [0.29, 0.717) is 28.5 Å². The Labute approximate surface area is 145 Å². The van der Waals surface area contributed by atoms with Crippen LogP contribution in [0.4, 0.5) is 0 Å². The summed E-state index contributed by atoms with van der Waals surface area (Å²) in [6.45, 7) is 0. The smallest absolute Gasteiger partial charge is 0.251 e. The second-order valence-corrected chi connectivity index (χ2v) is 6.50. The molecule has 0 spiro atoms. The Balaban J connectivity index is 2.14. The van der Waals surface area contributed by atoms with Gasteiger partial charge in [-0.3, -0.25) is 14.5 Å². The third kappa shape index (κ3) is 4.37. The van der Waals surface area contributed by atoms with E-state index in [2.05, 4.69) is 5.32 Å². The summed E-state index contributed by atoms with van der Waals surface area (Å²) in [6.07, 6.45) is 5.02. The molecule has 0 aromatic heterocycles. The number of amides is 2. The highest BCUT2D eigenvalue weighted by atomic mass is 35.5. The fourth-order valence-electron chi connectivity index (χ4n) is 2.83. The molecule has 7 heteroatoms. The molecule has 5 nitrogen and oxygen atoms in total. The summed E-state index contributed by atoms with van der Waals surface area (Å²) in [5.74, 6) is -0.965. The van der Waals surface area contributed by atoms with Crippen molar-refractivity contribution in [3.05, 3.63) is 33.8 Å². The van der Waals surface area contributed by atoms with Crippen LogP contribution in [-0.2, 0) is 4.79 Å². The normalized spacial score (nSPS) is 20.4. The van der Waals surface area contributed by atoms with E-state index in [4.69, 9.17) is 28.5 Å². The van der Waals surface area contributed by atoms with Gasteiger partial charge in [0.15, 0.2) is 6.19 Å². The van der Waals surface area contributed by atoms with Gasteiger partial charge in [-0.1, -0.05) is 36.0 Å². The molecule has 2 atom stereocenters. The molecule has 1 N–H and O–H groups in total. The van der Waals surface area contributed by atoms with Crippen molar-refractivity contribution in [1.29, 1.82) is 5.26 Å². The van der Waals surface area contributed by atoms with E-state index in [-0.39, 0.29) is 23.8 Å². The predicted octanol–water partition coefficient (Wildman–Crippen LogP) is 3.22. The van der Waals surface area contributed by atoms with Crippen LogP contribution in [0.5, 0.6) is 0 Å². The summed E-state index contributed by atoms with van der Waals surface area (Å²) in [4.78, 5) is 25.7. The van der Waals surface area contributed by atoms with Gasteiger partial charge < -0.3 is 5.32 Å². The average molecular weight is 354 g/mol. The van der Waals surface area contributed by atoms with Crippen molar-refractivity contribution in [2.75, 3.05) is 7.05 Å². The molecule has 23 heavy (non-hydrogen) atoms. The summed E-state index contributed by atoms with van der Waals surface area (Å²) in [6, 6.07) is 4.32. The molecule has 1 aliphatic rings. The van der Waals surface area contributed by atoms with Crippen molar-refractivity contribution < 1.29 is 9.59 Å². The van der Waals surface area contributed by atoms with Crippen molar-refractivity contribution in [3.8, 4) is 6.19 Å². The zero-order chi connectivity index (χ0) is 17.0. The SMILES string of the molecule is CN(C#N)C(=O)[C@@H]1CCCC[C@H]1NC(=O)c1cc(Cl)cc(Cl)c1. The molecule has 0 unspecified atom stereocenters. The van der Waals surface area contributed by atoms with Crippen LogP contribution in [0.15, 0.2) is 18.2 Å². The Kier molecular flexibility index (Phi) is 5.86. The summed E-state index contributed by atoms with van der Waals surface area (Å²) in [7, 11) is 1.44. The number of hydrogen-bond acceptors (Lipinski definition) is 3.